The Morgan fingerprint density at radius 3 is 0.948 bits per heavy atom. The van der Waals surface area contributed by atoms with Crippen molar-refractivity contribution in [1.29, 1.82) is 5.41 Å². The third-order valence-electron chi connectivity index (χ3n) is 20.6. The van der Waals surface area contributed by atoms with Crippen LogP contribution >= 0.6 is 0 Å². The van der Waals surface area contributed by atoms with Gasteiger partial charge in [0.05, 0.1) is 70.7 Å². The Balaban J connectivity index is 1.11. The average Bonchev–Trinajstić information content (AvgIpc) is 1.55. The number of ether oxygens (including phenoxy) is 15. The fraction of sp³-hybridized carbons (Fsp3) is 0.836. The first-order chi connectivity index (χ1) is 54.7. The standard InChI is InChI=1S/C61H112N24O31/c1-2-3-102-46-38(101)45-22(12-85-61(76)77)109-53(46)110-39(15(86)5-78-54(62)63)26(89)24(87)14-4-13(14)23-16(6-79-55(64)65)103-47(32(95)25(23)88)111-40-17(7-80-56(66)67)104-48(33(96)27(40)90)112-41-18(8-81-57(68)69)105-49(34(97)28(41)91)113-42-19(9-82-58(70)71)106-50(35(98)29(42)92)114-43-20(10-83-59(72)73)107-51(36(99)30(43)93)115-44-21(11-84-60(74)75)108-52(116-45)37(100)31(44)94/h2,13-53,86-101H,1,3-12H2,(H4,62,63,78)(H4,64,65,79)(H4,66,67,80)(H4,68,69,81)(H4,70,71,82)(H4,72,73,83)(H4,74,75,84)(H4,76,77,85). The monoisotopic (exact) mass is 1680 g/mol. The summed E-state index contributed by atoms with van der Waals surface area (Å²) in [7, 11) is 0. The number of rotatable bonds is 20. The zero-order valence-corrected chi connectivity index (χ0v) is 62.1. The number of aliphatic hydroxyl groups excluding tert-OH is 16. The first-order valence-electron chi connectivity index (χ1n) is 36.5. The molecule has 25 aliphatic heterocycles. The average molecular weight is 1680 g/mol. The quantitative estimate of drug-likeness (QED) is 0.0306. The predicted molar refractivity (Wildman–Crippen MR) is 391 cm³/mol. The normalized spacial score (nSPS) is 44.4. The highest BCUT2D eigenvalue weighted by Gasteiger charge is 2.63. The fourth-order valence-electron chi connectivity index (χ4n) is 14.8. The molecule has 41 unspecified atom stereocenters. The van der Waals surface area contributed by atoms with Gasteiger partial charge in [-0.05, 0) is 18.3 Å². The maximum atomic E-state index is 12.6. The smallest absolute Gasteiger partial charge is 0.187 e. The van der Waals surface area contributed by atoms with Gasteiger partial charge >= 0.3 is 0 Å². The van der Waals surface area contributed by atoms with Crippen molar-refractivity contribution in [1.82, 2.24) is 5.32 Å². The number of nitrogens with zero attached hydrogens (tertiary/aromatic N) is 7. The van der Waals surface area contributed by atoms with Crippen molar-refractivity contribution in [2.75, 3.05) is 59.0 Å². The molecule has 55 nitrogen and oxygen atoms in total. The van der Waals surface area contributed by atoms with Crippen LogP contribution in [0.25, 0.3) is 0 Å². The van der Waals surface area contributed by atoms with Crippen molar-refractivity contribution in [3.05, 3.63) is 12.7 Å². The van der Waals surface area contributed by atoms with Gasteiger partial charge in [0.1, 0.15) is 171 Å². The van der Waals surface area contributed by atoms with Crippen LogP contribution in [0.1, 0.15) is 6.42 Å². The summed E-state index contributed by atoms with van der Waals surface area (Å²) < 4.78 is 92.8. The molecule has 48 N–H and O–H groups in total. The number of aliphatic imine (C=N–C) groups is 7. The Morgan fingerprint density at radius 1 is 0.345 bits per heavy atom. The van der Waals surface area contributed by atoms with E-state index >= 15 is 0 Å². The van der Waals surface area contributed by atoms with Crippen molar-refractivity contribution >= 4 is 47.7 Å². The van der Waals surface area contributed by atoms with Gasteiger partial charge in [0.25, 0.3) is 0 Å². The van der Waals surface area contributed by atoms with Crippen LogP contribution < -0.4 is 91.3 Å². The van der Waals surface area contributed by atoms with E-state index in [1.165, 1.54) is 6.08 Å². The number of hydrogen-bond acceptors (Lipinski definition) is 39. The number of guanidine groups is 8. The molecular weight excluding hydrogens is 1560 g/mol. The molecule has 0 aromatic heterocycles. The molecule has 0 amide bonds. The van der Waals surface area contributed by atoms with Crippen molar-refractivity contribution in [2.45, 2.75) is 240 Å². The third kappa shape index (κ3) is 22.4. The lowest BCUT2D eigenvalue weighted by Gasteiger charge is -2.50. The molecule has 55 heteroatoms. The molecule has 0 aromatic carbocycles. The van der Waals surface area contributed by atoms with E-state index in [2.05, 4.69) is 46.8 Å². The molecule has 1 saturated carbocycles. The van der Waals surface area contributed by atoms with Gasteiger partial charge in [-0.1, -0.05) is 6.08 Å². The molecule has 26 aliphatic rings. The molecule has 25 heterocycles. The highest BCUT2D eigenvalue weighted by Crippen LogP contribution is 2.53. The molecule has 26 rings (SSSR count). The van der Waals surface area contributed by atoms with Crippen molar-refractivity contribution < 1.29 is 153 Å². The van der Waals surface area contributed by atoms with E-state index in [1.807, 2.05) is 0 Å². The van der Waals surface area contributed by atoms with Crippen molar-refractivity contribution in [2.24, 2.45) is 139 Å². The Bertz CT molecular complexity index is 3410. The van der Waals surface area contributed by atoms with Gasteiger partial charge in [0, 0.05) is 12.5 Å². The van der Waals surface area contributed by atoms with Gasteiger partial charge in [-0.15, -0.1) is 6.58 Å². The van der Waals surface area contributed by atoms with Crippen LogP contribution in [0.5, 0.6) is 0 Å². The number of nitrogens with two attached hydrogens (primary N) is 15. The maximum Gasteiger partial charge on any atom is 0.187 e. The summed E-state index contributed by atoms with van der Waals surface area (Å²) in [4.78, 5) is 27.8. The molecule has 116 heavy (non-hydrogen) atoms. The lowest BCUT2D eigenvalue weighted by atomic mass is 9.83. The van der Waals surface area contributed by atoms with E-state index in [0.29, 0.717) is 0 Å². The molecule has 26 fully saturated rings. The zero-order valence-electron chi connectivity index (χ0n) is 62.1. The van der Waals surface area contributed by atoms with E-state index in [1.54, 1.807) is 0 Å². The van der Waals surface area contributed by atoms with E-state index in [-0.39, 0.29) is 6.42 Å². The van der Waals surface area contributed by atoms with Crippen LogP contribution in [0.3, 0.4) is 0 Å². The molecule has 0 spiro atoms. The minimum Gasteiger partial charge on any atom is -0.390 e. The predicted octanol–water partition coefficient (Wildman–Crippen LogP) is -21.2. The Morgan fingerprint density at radius 2 is 0.629 bits per heavy atom. The molecule has 25 saturated heterocycles. The number of nitrogens with one attached hydrogen (secondary N) is 2. The van der Waals surface area contributed by atoms with Crippen molar-refractivity contribution in [3.63, 3.8) is 0 Å². The molecule has 41 atom stereocenters. The summed E-state index contributed by atoms with van der Waals surface area (Å²) in [5.41, 5.74) is 86.0. The van der Waals surface area contributed by atoms with Crippen LogP contribution in [-0.4, -0.2) is 422 Å². The van der Waals surface area contributed by atoms with Gasteiger partial charge in [-0.2, -0.15) is 0 Å². The lowest BCUT2D eigenvalue weighted by molar-refractivity contribution is -0.393. The van der Waals surface area contributed by atoms with Gasteiger partial charge in [0.2, 0.25) is 0 Å². The van der Waals surface area contributed by atoms with Crippen LogP contribution in [0.2, 0.25) is 0 Å². The SMILES string of the molecule is C=CCOC1C2OC(CN=C(N)N)C(OC3OC(CNC(=N)N)C(OC4OC(CN=C(N)N)C(OC5OC(CN=C(N)N)C(OC6OC(CN=C(N)N)C(OC7OC(CN=C(N)N)C(OC8OC(CN=C(N)N)C(C(O)C8O)C8CC8C(O)C(O)C(C(O)CN=C(N)N)O2)C(O)C7O)C(O)C6O)C(O)C5O)C(O)C4O)C(O)C3O)C1O. The minimum absolute atomic E-state index is 0.107. The first kappa shape index (κ1) is 92.5. The molecule has 14 bridgehead atoms. The van der Waals surface area contributed by atoms with E-state index in [9.17, 15) is 81.7 Å². The van der Waals surface area contributed by atoms with Crippen LogP contribution in [0.15, 0.2) is 47.6 Å². The van der Waals surface area contributed by atoms with Gasteiger partial charge < -0.3 is 244 Å². The van der Waals surface area contributed by atoms with E-state index in [0.717, 1.165) is 0 Å². The van der Waals surface area contributed by atoms with Crippen LogP contribution in [0.4, 0.5) is 0 Å². The molecular formula is C61H112N24O31. The maximum absolute atomic E-state index is 12.6. The van der Waals surface area contributed by atoms with Gasteiger partial charge in [0.15, 0.2) is 91.7 Å². The second-order valence-corrected chi connectivity index (χ2v) is 28.8. The third-order valence-corrected chi connectivity index (χ3v) is 20.6. The summed E-state index contributed by atoms with van der Waals surface area (Å²) >= 11 is 0. The zero-order chi connectivity index (χ0) is 85.3. The lowest BCUT2D eigenvalue weighted by Crippen LogP contribution is -2.68. The van der Waals surface area contributed by atoms with Crippen LogP contribution in [0, 0.1) is 23.2 Å². The second-order valence-electron chi connectivity index (χ2n) is 28.8. The summed E-state index contributed by atoms with van der Waals surface area (Å²) in [6.07, 6.45) is -75.8. The summed E-state index contributed by atoms with van der Waals surface area (Å²) in [6.45, 7) is -2.06. The summed E-state index contributed by atoms with van der Waals surface area (Å²) in [6, 6.07) is 0. The Labute approximate surface area is 659 Å². The molecule has 0 aromatic rings. The molecule has 0 radical (unpaired) electrons. The van der Waals surface area contributed by atoms with Crippen molar-refractivity contribution in [3.8, 4) is 0 Å². The highest BCUT2D eigenvalue weighted by atomic mass is 16.8. The summed E-state index contributed by atoms with van der Waals surface area (Å²) in [5, 5.41) is 204. The van der Waals surface area contributed by atoms with E-state index < -0.39 is 358 Å². The molecule has 662 valence electrons. The van der Waals surface area contributed by atoms with Crippen LogP contribution in [-0.2, 0) is 71.1 Å². The first-order valence-corrected chi connectivity index (χ1v) is 36.5. The summed E-state index contributed by atoms with van der Waals surface area (Å²) in [5.74, 6) is -8.06. The van der Waals surface area contributed by atoms with E-state index in [4.69, 9.17) is 162 Å². The number of hydrogen-bond donors (Lipinski definition) is 33. The number of aliphatic hydroxyl groups is 16. The second kappa shape index (κ2) is 40.6. The Hall–Kier alpha value is -7.34. The van der Waals surface area contributed by atoms with Gasteiger partial charge in [-0.3, -0.25) is 40.4 Å². The minimum atomic E-state index is -2.30. The fourth-order valence-corrected chi connectivity index (χ4v) is 14.8. The topological polar surface area (TPSA) is 975 Å². The van der Waals surface area contributed by atoms with Gasteiger partial charge in [-0.25, -0.2) is 0 Å². The largest absolute Gasteiger partial charge is 0.390 e. The highest BCUT2D eigenvalue weighted by molar-refractivity contribution is 5.78. The Kier molecular flexibility index (Phi) is 32.4. The molecule has 1 aliphatic carbocycles.